The van der Waals surface area contributed by atoms with Gasteiger partial charge in [0.1, 0.15) is 11.5 Å². The summed E-state index contributed by atoms with van der Waals surface area (Å²) in [5.41, 5.74) is 1.18. The number of benzene rings is 1. The van der Waals surface area contributed by atoms with Gasteiger partial charge in [-0.25, -0.2) is 0 Å². The van der Waals surface area contributed by atoms with E-state index in [1.54, 1.807) is 14.2 Å². The number of piperidine rings is 1. The van der Waals surface area contributed by atoms with Gasteiger partial charge in [0.25, 0.3) is 0 Å². The molecule has 1 aromatic rings. The van der Waals surface area contributed by atoms with Crippen LogP contribution in [0.25, 0.3) is 0 Å². The average Bonchev–Trinajstić information content (AvgIpc) is 2.46. The van der Waals surface area contributed by atoms with Gasteiger partial charge in [0.2, 0.25) is 0 Å². The smallest absolute Gasteiger partial charge is 0.127 e. The summed E-state index contributed by atoms with van der Waals surface area (Å²) in [6.07, 6.45) is 2.51. The van der Waals surface area contributed by atoms with Crippen LogP contribution in [0.15, 0.2) is 18.2 Å². The summed E-state index contributed by atoms with van der Waals surface area (Å²) in [4.78, 5) is 2.39. The molecule has 0 amide bonds. The number of ether oxygens (including phenoxy) is 2. The second-order valence-corrected chi connectivity index (χ2v) is 5.60. The fourth-order valence-electron chi connectivity index (χ4n) is 2.92. The zero-order valence-electron chi connectivity index (χ0n) is 13.0. The molecule has 0 radical (unpaired) electrons. The van der Waals surface area contributed by atoms with Crippen molar-refractivity contribution in [3.05, 3.63) is 23.8 Å². The monoisotopic (exact) mass is 278 g/mol. The molecule has 20 heavy (non-hydrogen) atoms. The quantitative estimate of drug-likeness (QED) is 0.897. The van der Waals surface area contributed by atoms with Crippen LogP contribution in [-0.4, -0.2) is 45.3 Å². The Labute approximate surface area is 122 Å². The van der Waals surface area contributed by atoms with E-state index in [0.717, 1.165) is 18.0 Å². The summed E-state index contributed by atoms with van der Waals surface area (Å²) < 4.78 is 10.7. The van der Waals surface area contributed by atoms with E-state index in [-0.39, 0.29) is 6.04 Å². The molecular formula is C16H26N2O2. The van der Waals surface area contributed by atoms with Crippen LogP contribution in [0, 0.1) is 0 Å². The molecular weight excluding hydrogens is 252 g/mol. The summed E-state index contributed by atoms with van der Waals surface area (Å²) in [7, 11) is 5.57. The van der Waals surface area contributed by atoms with E-state index in [1.165, 1.54) is 24.9 Å². The first-order valence-corrected chi connectivity index (χ1v) is 7.30. The maximum atomic E-state index is 5.49. The summed E-state index contributed by atoms with van der Waals surface area (Å²) in [6, 6.07) is 6.84. The van der Waals surface area contributed by atoms with E-state index in [0.29, 0.717) is 6.04 Å². The van der Waals surface area contributed by atoms with E-state index < -0.39 is 0 Å². The summed E-state index contributed by atoms with van der Waals surface area (Å²) >= 11 is 0. The van der Waals surface area contributed by atoms with Gasteiger partial charge in [0, 0.05) is 30.3 Å². The molecule has 2 rings (SSSR count). The minimum absolute atomic E-state index is 0.271. The predicted molar refractivity (Wildman–Crippen MR) is 81.6 cm³/mol. The fourth-order valence-corrected chi connectivity index (χ4v) is 2.92. The number of likely N-dealkylation sites (N-methyl/N-ethyl adjacent to an activating group) is 1. The molecule has 2 unspecified atom stereocenters. The molecule has 0 bridgehead atoms. The van der Waals surface area contributed by atoms with E-state index >= 15 is 0 Å². The van der Waals surface area contributed by atoms with Crippen molar-refractivity contribution < 1.29 is 9.47 Å². The van der Waals surface area contributed by atoms with Crippen LogP contribution in [-0.2, 0) is 0 Å². The highest BCUT2D eigenvalue weighted by molar-refractivity contribution is 5.42. The van der Waals surface area contributed by atoms with Gasteiger partial charge < -0.3 is 19.7 Å². The molecule has 1 aliphatic rings. The van der Waals surface area contributed by atoms with Gasteiger partial charge in [-0.1, -0.05) is 6.07 Å². The molecule has 2 atom stereocenters. The van der Waals surface area contributed by atoms with Gasteiger partial charge in [-0.3, -0.25) is 0 Å². The molecule has 4 heteroatoms. The van der Waals surface area contributed by atoms with Crippen molar-refractivity contribution in [3.8, 4) is 11.5 Å². The lowest BCUT2D eigenvalue weighted by atomic mass is 10.0. The number of methoxy groups -OCH3 is 2. The van der Waals surface area contributed by atoms with Crippen LogP contribution in [0.4, 0.5) is 0 Å². The second-order valence-electron chi connectivity index (χ2n) is 5.60. The van der Waals surface area contributed by atoms with E-state index in [1.807, 2.05) is 12.1 Å². The first-order valence-electron chi connectivity index (χ1n) is 7.30. The molecule has 0 aromatic heterocycles. The van der Waals surface area contributed by atoms with Crippen molar-refractivity contribution in [2.45, 2.75) is 31.8 Å². The third-order valence-electron chi connectivity index (χ3n) is 4.02. The predicted octanol–water partition coefficient (Wildman–Crippen LogP) is 2.45. The maximum absolute atomic E-state index is 5.49. The number of hydrogen-bond acceptors (Lipinski definition) is 4. The molecule has 0 spiro atoms. The largest absolute Gasteiger partial charge is 0.497 e. The van der Waals surface area contributed by atoms with E-state index in [4.69, 9.17) is 9.47 Å². The normalized spacial score (nSPS) is 21.5. The minimum Gasteiger partial charge on any atom is -0.497 e. The van der Waals surface area contributed by atoms with Crippen LogP contribution in [0.5, 0.6) is 11.5 Å². The first-order chi connectivity index (χ1) is 9.63. The van der Waals surface area contributed by atoms with Gasteiger partial charge >= 0.3 is 0 Å². The molecule has 0 saturated carbocycles. The first kappa shape index (κ1) is 15.1. The summed E-state index contributed by atoms with van der Waals surface area (Å²) in [5.74, 6) is 1.71. The third-order valence-corrected chi connectivity index (χ3v) is 4.02. The van der Waals surface area contributed by atoms with Gasteiger partial charge in [-0.05, 0) is 39.4 Å². The van der Waals surface area contributed by atoms with Gasteiger partial charge in [0.05, 0.1) is 14.2 Å². The van der Waals surface area contributed by atoms with Gasteiger partial charge in [-0.15, -0.1) is 0 Å². The SMILES string of the molecule is COc1ccc(C(C)NC2CCCN(C)C2)c(OC)c1. The third kappa shape index (κ3) is 3.64. The molecule has 1 aliphatic heterocycles. The molecule has 4 nitrogen and oxygen atoms in total. The second kappa shape index (κ2) is 6.95. The maximum Gasteiger partial charge on any atom is 0.127 e. The standard InChI is InChI=1S/C16H26N2O2/c1-12(17-13-6-5-9-18(2)11-13)15-8-7-14(19-3)10-16(15)20-4/h7-8,10,12-13,17H,5-6,9,11H2,1-4H3. The lowest BCUT2D eigenvalue weighted by molar-refractivity contribution is 0.218. The Hall–Kier alpha value is -1.26. The Morgan fingerprint density at radius 1 is 1.30 bits per heavy atom. The van der Waals surface area contributed by atoms with Crippen molar-refractivity contribution in [2.75, 3.05) is 34.4 Å². The highest BCUT2D eigenvalue weighted by Gasteiger charge is 2.20. The molecule has 1 N–H and O–H groups in total. The van der Waals surface area contributed by atoms with Crippen molar-refractivity contribution >= 4 is 0 Å². The molecule has 1 heterocycles. The molecule has 1 fully saturated rings. The molecule has 0 aliphatic carbocycles. The Bertz CT molecular complexity index is 436. The van der Waals surface area contributed by atoms with Crippen molar-refractivity contribution in [1.82, 2.24) is 10.2 Å². The molecule has 112 valence electrons. The number of likely N-dealkylation sites (tertiary alicyclic amines) is 1. The molecule has 1 aromatic carbocycles. The van der Waals surface area contributed by atoms with Crippen LogP contribution >= 0.6 is 0 Å². The molecule has 1 saturated heterocycles. The van der Waals surface area contributed by atoms with Crippen molar-refractivity contribution in [1.29, 1.82) is 0 Å². The summed E-state index contributed by atoms with van der Waals surface area (Å²) in [6.45, 7) is 4.51. The van der Waals surface area contributed by atoms with Crippen molar-refractivity contribution in [2.24, 2.45) is 0 Å². The highest BCUT2D eigenvalue weighted by Crippen LogP contribution is 2.30. The Morgan fingerprint density at radius 2 is 2.10 bits per heavy atom. The zero-order chi connectivity index (χ0) is 14.5. The highest BCUT2D eigenvalue weighted by atomic mass is 16.5. The van der Waals surface area contributed by atoms with E-state index in [9.17, 15) is 0 Å². The van der Waals surface area contributed by atoms with Crippen LogP contribution in [0.1, 0.15) is 31.4 Å². The summed E-state index contributed by atoms with van der Waals surface area (Å²) in [5, 5.41) is 3.72. The number of nitrogens with one attached hydrogen (secondary N) is 1. The minimum atomic E-state index is 0.271. The number of rotatable bonds is 5. The lowest BCUT2D eigenvalue weighted by Crippen LogP contribution is -2.44. The average molecular weight is 278 g/mol. The topological polar surface area (TPSA) is 33.7 Å². The number of nitrogens with zero attached hydrogens (tertiary/aromatic N) is 1. The Morgan fingerprint density at radius 3 is 2.75 bits per heavy atom. The Kier molecular flexibility index (Phi) is 5.26. The lowest BCUT2D eigenvalue weighted by Gasteiger charge is -2.32. The van der Waals surface area contributed by atoms with Crippen LogP contribution in [0.3, 0.4) is 0 Å². The zero-order valence-corrected chi connectivity index (χ0v) is 13.0. The van der Waals surface area contributed by atoms with Crippen molar-refractivity contribution in [3.63, 3.8) is 0 Å². The Balaban J connectivity index is 2.06. The van der Waals surface area contributed by atoms with Crippen LogP contribution in [0.2, 0.25) is 0 Å². The fraction of sp³-hybridized carbons (Fsp3) is 0.625. The van der Waals surface area contributed by atoms with Gasteiger partial charge in [-0.2, -0.15) is 0 Å². The van der Waals surface area contributed by atoms with Crippen LogP contribution < -0.4 is 14.8 Å². The van der Waals surface area contributed by atoms with Gasteiger partial charge in [0.15, 0.2) is 0 Å². The number of hydrogen-bond donors (Lipinski definition) is 1. The van der Waals surface area contributed by atoms with E-state index in [2.05, 4.69) is 30.3 Å².